The van der Waals surface area contributed by atoms with E-state index in [0.29, 0.717) is 0 Å². The highest BCUT2D eigenvalue weighted by Gasteiger charge is 2.20. The van der Waals surface area contributed by atoms with Gasteiger partial charge in [-0.3, -0.25) is 0 Å². The number of nitrogens with zero attached hydrogens (tertiary/aromatic N) is 1. The molecule has 0 bridgehead atoms. The molecule has 1 aromatic heterocycles. The molecule has 3 aromatic rings. The molecule has 0 saturated carbocycles. The lowest BCUT2D eigenvalue weighted by Gasteiger charge is -1.99. The van der Waals surface area contributed by atoms with E-state index in [-0.39, 0.29) is 0 Å². The average Bonchev–Trinajstić information content (AvgIpc) is 3.00. The summed E-state index contributed by atoms with van der Waals surface area (Å²) in [7, 11) is 0. The number of H-pyrrole nitrogens is 1. The van der Waals surface area contributed by atoms with Crippen molar-refractivity contribution in [2.45, 2.75) is 0 Å². The third-order valence-electron chi connectivity index (χ3n) is 3.53. The van der Waals surface area contributed by atoms with E-state index in [1.807, 2.05) is 30.3 Å². The fourth-order valence-corrected chi connectivity index (χ4v) is 2.57. The first-order chi connectivity index (χ1) is 9.33. The molecule has 0 saturated heterocycles. The molecule has 1 aliphatic heterocycles. The Morgan fingerprint density at radius 3 is 2.58 bits per heavy atom. The molecule has 2 heteroatoms. The lowest BCUT2D eigenvalue weighted by molar-refractivity contribution is 1.42. The average molecular weight is 244 g/mol. The zero-order valence-electron chi connectivity index (χ0n) is 10.4. The number of aromatic nitrogens is 1. The summed E-state index contributed by atoms with van der Waals surface area (Å²) in [5.41, 5.74) is 6.21. The van der Waals surface area contributed by atoms with Crippen LogP contribution in [0.3, 0.4) is 0 Å². The Hall–Kier alpha value is -2.61. The first-order valence-corrected chi connectivity index (χ1v) is 6.28. The number of rotatable bonds is 1. The Kier molecular flexibility index (Phi) is 2.00. The first kappa shape index (κ1) is 10.3. The lowest BCUT2D eigenvalue weighted by atomic mass is 10.0. The summed E-state index contributed by atoms with van der Waals surface area (Å²) in [5.74, 6) is 0. The molecule has 0 spiro atoms. The smallest absolute Gasteiger partial charge is 0.0945 e. The van der Waals surface area contributed by atoms with Gasteiger partial charge in [0.25, 0.3) is 0 Å². The number of para-hydroxylation sites is 2. The molecule has 2 heterocycles. The van der Waals surface area contributed by atoms with Gasteiger partial charge in [0, 0.05) is 22.0 Å². The van der Waals surface area contributed by atoms with Crippen molar-refractivity contribution in [2.75, 3.05) is 0 Å². The quantitative estimate of drug-likeness (QED) is 0.660. The van der Waals surface area contributed by atoms with Gasteiger partial charge in [-0.2, -0.15) is 0 Å². The van der Waals surface area contributed by atoms with Crippen molar-refractivity contribution in [3.05, 3.63) is 72.4 Å². The van der Waals surface area contributed by atoms with Gasteiger partial charge in [-0.05, 0) is 18.2 Å². The van der Waals surface area contributed by atoms with Gasteiger partial charge in [0.1, 0.15) is 0 Å². The van der Waals surface area contributed by atoms with Gasteiger partial charge < -0.3 is 4.98 Å². The van der Waals surface area contributed by atoms with Crippen LogP contribution in [0.4, 0.5) is 5.69 Å². The number of hydrogen-bond donors (Lipinski definition) is 1. The molecule has 19 heavy (non-hydrogen) atoms. The number of allylic oxidation sites excluding steroid dienone is 1. The molecule has 4 rings (SSSR count). The van der Waals surface area contributed by atoms with Crippen molar-refractivity contribution in [3.8, 4) is 0 Å². The van der Waals surface area contributed by atoms with Crippen LogP contribution >= 0.6 is 0 Å². The first-order valence-electron chi connectivity index (χ1n) is 6.28. The molecular formula is C17H12N2. The third-order valence-corrected chi connectivity index (χ3v) is 3.53. The molecule has 2 nitrogen and oxygen atoms in total. The van der Waals surface area contributed by atoms with Crippen molar-refractivity contribution in [3.63, 3.8) is 0 Å². The van der Waals surface area contributed by atoms with Crippen molar-refractivity contribution in [1.29, 1.82) is 0 Å². The number of nitrogens with one attached hydrogen (secondary N) is 1. The predicted octanol–water partition coefficient (Wildman–Crippen LogP) is 4.32. The minimum Gasteiger partial charge on any atom is -0.353 e. The highest BCUT2D eigenvalue weighted by Crippen LogP contribution is 2.35. The highest BCUT2D eigenvalue weighted by molar-refractivity contribution is 6.35. The number of aromatic amines is 1. The summed E-state index contributed by atoms with van der Waals surface area (Å²) >= 11 is 0. The van der Waals surface area contributed by atoms with E-state index in [9.17, 15) is 0 Å². The minimum absolute atomic E-state index is 0.942. The van der Waals surface area contributed by atoms with Gasteiger partial charge in [0.2, 0.25) is 0 Å². The Bertz CT molecular complexity index is 804. The van der Waals surface area contributed by atoms with E-state index < -0.39 is 0 Å². The molecule has 1 N–H and O–H groups in total. The second-order valence-electron chi connectivity index (χ2n) is 4.73. The second-order valence-corrected chi connectivity index (χ2v) is 4.73. The Morgan fingerprint density at radius 1 is 0.947 bits per heavy atom. The summed E-state index contributed by atoms with van der Waals surface area (Å²) in [5, 5.41) is 1.20. The van der Waals surface area contributed by atoms with Crippen molar-refractivity contribution in [1.82, 2.24) is 4.98 Å². The largest absolute Gasteiger partial charge is 0.353 e. The highest BCUT2D eigenvalue weighted by atomic mass is 14.8. The van der Waals surface area contributed by atoms with E-state index >= 15 is 0 Å². The van der Waals surface area contributed by atoms with Gasteiger partial charge in [-0.1, -0.05) is 43.0 Å². The second kappa shape index (κ2) is 3.69. The van der Waals surface area contributed by atoms with Crippen molar-refractivity contribution < 1.29 is 0 Å². The molecule has 2 aromatic carbocycles. The van der Waals surface area contributed by atoms with Gasteiger partial charge in [0.15, 0.2) is 0 Å². The van der Waals surface area contributed by atoms with Gasteiger partial charge in [-0.15, -0.1) is 0 Å². The standard InChI is InChI=1S/C17H12N2/c1-11-13-7-3-5-9-15(13)19-17(11)16-10-12-6-2-4-8-14(12)18-16/h2-10,18H,1H2. The predicted molar refractivity (Wildman–Crippen MR) is 80.0 cm³/mol. The Balaban J connectivity index is 1.89. The van der Waals surface area contributed by atoms with Crippen LogP contribution in [-0.2, 0) is 0 Å². The van der Waals surface area contributed by atoms with Crippen LogP contribution in [0.2, 0.25) is 0 Å². The zero-order chi connectivity index (χ0) is 12.8. The molecule has 0 atom stereocenters. The van der Waals surface area contributed by atoms with Crippen LogP contribution in [0.15, 0.2) is 66.2 Å². The Morgan fingerprint density at radius 2 is 1.74 bits per heavy atom. The van der Waals surface area contributed by atoms with Crippen molar-refractivity contribution in [2.24, 2.45) is 4.99 Å². The number of fused-ring (bicyclic) bond motifs is 2. The maximum atomic E-state index is 4.68. The summed E-state index contributed by atoms with van der Waals surface area (Å²) in [6.45, 7) is 4.17. The van der Waals surface area contributed by atoms with E-state index in [4.69, 9.17) is 0 Å². The van der Waals surface area contributed by atoms with Crippen molar-refractivity contribution >= 4 is 27.9 Å². The SMILES string of the molecule is C=C1C(c2cc3ccccc3[nH]2)=Nc2ccccc21. The van der Waals surface area contributed by atoms with Crippen LogP contribution in [0.5, 0.6) is 0 Å². The van der Waals surface area contributed by atoms with Gasteiger partial charge >= 0.3 is 0 Å². The number of hydrogen-bond acceptors (Lipinski definition) is 1. The molecule has 0 aliphatic carbocycles. The van der Waals surface area contributed by atoms with Crippen LogP contribution in [-0.4, -0.2) is 10.7 Å². The molecule has 0 amide bonds. The van der Waals surface area contributed by atoms with E-state index in [1.165, 1.54) is 5.39 Å². The van der Waals surface area contributed by atoms with Crippen LogP contribution in [0.1, 0.15) is 11.3 Å². The number of benzene rings is 2. The lowest BCUT2D eigenvalue weighted by Crippen LogP contribution is -1.98. The summed E-state index contributed by atoms with van der Waals surface area (Å²) < 4.78 is 0. The maximum Gasteiger partial charge on any atom is 0.0945 e. The molecule has 1 aliphatic rings. The molecule has 90 valence electrons. The van der Waals surface area contributed by atoms with Gasteiger partial charge in [0.05, 0.1) is 17.1 Å². The van der Waals surface area contributed by atoms with E-state index in [2.05, 4.69) is 40.8 Å². The summed E-state index contributed by atoms with van der Waals surface area (Å²) in [6.07, 6.45) is 0. The normalized spacial score (nSPS) is 13.7. The van der Waals surface area contributed by atoms with Gasteiger partial charge in [-0.25, -0.2) is 4.99 Å². The zero-order valence-corrected chi connectivity index (χ0v) is 10.4. The molecule has 0 unspecified atom stereocenters. The molecule has 0 radical (unpaired) electrons. The monoisotopic (exact) mass is 244 g/mol. The summed E-state index contributed by atoms with van der Waals surface area (Å²) in [6, 6.07) is 18.5. The topological polar surface area (TPSA) is 28.1 Å². The van der Waals surface area contributed by atoms with Crippen LogP contribution in [0, 0.1) is 0 Å². The fourth-order valence-electron chi connectivity index (χ4n) is 2.57. The van der Waals surface area contributed by atoms with E-state index in [1.54, 1.807) is 0 Å². The maximum absolute atomic E-state index is 4.68. The van der Waals surface area contributed by atoms with E-state index in [0.717, 1.165) is 33.7 Å². The number of aliphatic imine (C=N–C) groups is 1. The van der Waals surface area contributed by atoms with Crippen LogP contribution < -0.4 is 0 Å². The fraction of sp³-hybridized carbons (Fsp3) is 0. The Labute approximate surface area is 111 Å². The third kappa shape index (κ3) is 1.47. The minimum atomic E-state index is 0.942. The molecule has 0 fully saturated rings. The molecular weight excluding hydrogens is 232 g/mol. The van der Waals surface area contributed by atoms with Crippen LogP contribution in [0.25, 0.3) is 16.5 Å². The summed E-state index contributed by atoms with van der Waals surface area (Å²) in [4.78, 5) is 8.10.